The fraction of sp³-hybridized carbons (Fsp3) is 0.433. The molecule has 0 amide bonds. The molecule has 0 radical (unpaired) electrons. The second-order valence-electron chi connectivity index (χ2n) is 8.98. The first kappa shape index (κ1) is 33.0. The number of methoxy groups -OCH3 is 2. The normalized spacial score (nSPS) is 11.0. The monoisotopic (exact) mass is 606 g/mol. The van der Waals surface area contributed by atoms with Gasteiger partial charge in [-0.3, -0.25) is 0 Å². The van der Waals surface area contributed by atoms with Crippen LogP contribution in [0.4, 0.5) is 0 Å². The molecule has 0 saturated carbocycles. The van der Waals surface area contributed by atoms with E-state index in [9.17, 15) is 0 Å². The maximum absolute atomic E-state index is 8.47. The Morgan fingerprint density at radius 1 is 1.08 bits per heavy atom. The highest BCUT2D eigenvalue weighted by Crippen LogP contribution is 2.33. The summed E-state index contributed by atoms with van der Waals surface area (Å²) in [4.78, 5) is 3.93. The minimum Gasteiger partial charge on any atom is -0.493 e. The van der Waals surface area contributed by atoms with Crippen LogP contribution >= 0.6 is 38.9 Å². The maximum atomic E-state index is 8.47. The molecule has 202 valence electrons. The van der Waals surface area contributed by atoms with Crippen LogP contribution in [0.25, 0.3) is 0 Å². The van der Waals surface area contributed by atoms with Crippen LogP contribution in [0.1, 0.15) is 54.3 Å². The Balaban J connectivity index is 0.000000281. The largest absolute Gasteiger partial charge is 0.493 e. The van der Waals surface area contributed by atoms with E-state index in [1.165, 1.54) is 29.0 Å². The third-order valence-electron chi connectivity index (χ3n) is 5.88. The molecular formula is C30H40BrClN2O2S. The molecule has 0 aliphatic rings. The average molecular weight is 608 g/mol. The predicted molar refractivity (Wildman–Crippen MR) is 162 cm³/mol. The SMILES string of the molecule is CC[C@H](C)CN(C)Cc1sccc1C.CCc1cc(OC)c(OC)cc1Br.Cc1ccc(C#N)c(Cl)c1. The van der Waals surface area contributed by atoms with Gasteiger partial charge in [0.1, 0.15) is 6.07 Å². The standard InChI is InChI=1S/C12H21NS.C10H13BrO2.C8H6ClN/c1-5-10(2)8-13(4)9-12-11(3)6-7-14-12;1-4-7-5-9(12-2)10(13-3)6-8(7)11;1-6-2-3-7(5-10)8(9)4-6/h6-7,10H,5,8-9H2,1-4H3;5-6H,4H2,1-3H3;2-4H,1H3/t10-;;/m0../s1. The first-order valence-corrected chi connectivity index (χ1v) is 14.4. The van der Waals surface area contributed by atoms with E-state index < -0.39 is 0 Å². The minimum atomic E-state index is 0.530. The molecule has 0 unspecified atom stereocenters. The van der Waals surface area contributed by atoms with Crippen molar-refractivity contribution < 1.29 is 9.47 Å². The number of thiophene rings is 1. The Morgan fingerprint density at radius 2 is 1.73 bits per heavy atom. The lowest BCUT2D eigenvalue weighted by Crippen LogP contribution is -2.23. The van der Waals surface area contributed by atoms with Crippen LogP contribution in [0.3, 0.4) is 0 Å². The molecule has 37 heavy (non-hydrogen) atoms. The summed E-state index contributed by atoms with van der Waals surface area (Å²) in [5.41, 5.74) is 4.26. The minimum absolute atomic E-state index is 0.530. The maximum Gasteiger partial charge on any atom is 0.161 e. The van der Waals surface area contributed by atoms with Gasteiger partial charge in [-0.2, -0.15) is 5.26 Å². The highest BCUT2D eigenvalue weighted by molar-refractivity contribution is 9.10. The van der Waals surface area contributed by atoms with E-state index >= 15 is 0 Å². The highest BCUT2D eigenvalue weighted by atomic mass is 79.9. The second-order valence-corrected chi connectivity index (χ2v) is 11.2. The molecule has 4 nitrogen and oxygen atoms in total. The summed E-state index contributed by atoms with van der Waals surface area (Å²) in [6.07, 6.45) is 2.24. The Bertz CT molecular complexity index is 1140. The van der Waals surface area contributed by atoms with Gasteiger partial charge in [-0.1, -0.05) is 60.8 Å². The number of aryl methyl sites for hydroxylation is 3. The van der Waals surface area contributed by atoms with Crippen molar-refractivity contribution in [1.29, 1.82) is 5.26 Å². The molecule has 0 bridgehead atoms. The fourth-order valence-corrected chi connectivity index (χ4v) is 5.28. The molecule has 1 heterocycles. The van der Waals surface area contributed by atoms with Crippen molar-refractivity contribution >= 4 is 38.9 Å². The summed E-state index contributed by atoms with van der Waals surface area (Å²) in [5, 5.41) is 11.2. The van der Waals surface area contributed by atoms with E-state index in [0.717, 1.165) is 40.4 Å². The van der Waals surface area contributed by atoms with Crippen molar-refractivity contribution in [2.24, 2.45) is 5.92 Å². The summed E-state index contributed by atoms with van der Waals surface area (Å²) >= 11 is 11.1. The lowest BCUT2D eigenvalue weighted by atomic mass is 10.1. The second kappa shape index (κ2) is 17.5. The van der Waals surface area contributed by atoms with E-state index in [1.807, 2.05) is 42.5 Å². The molecule has 0 aliphatic heterocycles. The van der Waals surface area contributed by atoms with Crippen molar-refractivity contribution in [2.75, 3.05) is 27.8 Å². The summed E-state index contributed by atoms with van der Waals surface area (Å²) in [6, 6.07) is 13.5. The lowest BCUT2D eigenvalue weighted by molar-refractivity contribution is 0.277. The molecule has 0 N–H and O–H groups in total. The van der Waals surface area contributed by atoms with Crippen LogP contribution in [-0.2, 0) is 13.0 Å². The van der Waals surface area contributed by atoms with Crippen molar-refractivity contribution in [1.82, 2.24) is 4.90 Å². The molecule has 1 atom stereocenters. The van der Waals surface area contributed by atoms with Crippen LogP contribution in [-0.4, -0.2) is 32.7 Å². The number of benzene rings is 2. The Hall–Kier alpha value is -2.04. The van der Waals surface area contributed by atoms with Gasteiger partial charge in [0, 0.05) is 22.4 Å². The first-order valence-electron chi connectivity index (χ1n) is 12.4. The van der Waals surface area contributed by atoms with Crippen LogP contribution in [0.2, 0.25) is 5.02 Å². The topological polar surface area (TPSA) is 45.5 Å². The molecule has 7 heteroatoms. The highest BCUT2D eigenvalue weighted by Gasteiger charge is 2.08. The predicted octanol–water partition coefficient (Wildman–Crippen LogP) is 9.08. The zero-order chi connectivity index (χ0) is 28.0. The van der Waals surface area contributed by atoms with E-state index in [0.29, 0.717) is 10.6 Å². The first-order chi connectivity index (χ1) is 17.6. The van der Waals surface area contributed by atoms with Gasteiger partial charge in [0.05, 0.1) is 24.8 Å². The van der Waals surface area contributed by atoms with Crippen molar-refractivity contribution in [3.05, 3.63) is 78.4 Å². The molecule has 2 aromatic carbocycles. The van der Waals surface area contributed by atoms with Gasteiger partial charge in [-0.05, 0) is 85.6 Å². The molecular weight excluding hydrogens is 568 g/mol. The van der Waals surface area contributed by atoms with Gasteiger partial charge in [-0.25, -0.2) is 0 Å². The van der Waals surface area contributed by atoms with E-state index in [1.54, 1.807) is 26.4 Å². The number of hydrogen-bond acceptors (Lipinski definition) is 5. The van der Waals surface area contributed by atoms with Gasteiger partial charge in [0.2, 0.25) is 0 Å². The molecule has 3 aromatic rings. The molecule has 3 rings (SSSR count). The quantitative estimate of drug-likeness (QED) is 0.256. The van der Waals surface area contributed by atoms with Crippen molar-refractivity contribution in [3.63, 3.8) is 0 Å². The van der Waals surface area contributed by atoms with Gasteiger partial charge in [0.15, 0.2) is 11.5 Å². The van der Waals surface area contributed by atoms with Gasteiger partial charge in [-0.15, -0.1) is 11.3 Å². The van der Waals surface area contributed by atoms with Gasteiger partial charge < -0.3 is 14.4 Å². The van der Waals surface area contributed by atoms with Crippen LogP contribution in [0.15, 0.2) is 46.3 Å². The van der Waals surface area contributed by atoms with Crippen molar-refractivity contribution in [2.45, 2.75) is 54.0 Å². The number of rotatable bonds is 8. The molecule has 0 fully saturated rings. The smallest absolute Gasteiger partial charge is 0.161 e. The molecule has 1 aromatic heterocycles. The lowest BCUT2D eigenvalue weighted by Gasteiger charge is -2.20. The zero-order valence-corrected chi connectivity index (χ0v) is 26.5. The Morgan fingerprint density at radius 3 is 2.22 bits per heavy atom. The number of halogens is 2. The Labute approximate surface area is 241 Å². The Kier molecular flexibility index (Phi) is 15.6. The zero-order valence-electron chi connectivity index (χ0n) is 23.3. The molecule has 0 aliphatic carbocycles. The van der Waals surface area contributed by atoms with Crippen molar-refractivity contribution in [3.8, 4) is 17.6 Å². The van der Waals surface area contributed by atoms with Gasteiger partial charge >= 0.3 is 0 Å². The average Bonchev–Trinajstić information content (AvgIpc) is 3.28. The summed E-state index contributed by atoms with van der Waals surface area (Å²) < 4.78 is 11.4. The van der Waals surface area contributed by atoms with E-state index in [-0.39, 0.29) is 0 Å². The van der Waals surface area contributed by atoms with Crippen LogP contribution in [0, 0.1) is 31.1 Å². The number of nitrogens with zero attached hydrogens (tertiary/aromatic N) is 2. The third-order valence-corrected chi connectivity index (χ3v) is 7.94. The van der Waals surface area contributed by atoms with Gasteiger partial charge in [0.25, 0.3) is 0 Å². The molecule has 0 spiro atoms. The molecule has 0 saturated heterocycles. The summed E-state index contributed by atoms with van der Waals surface area (Å²) in [7, 11) is 5.49. The van der Waals surface area contributed by atoms with Crippen LogP contribution in [0.5, 0.6) is 11.5 Å². The fourth-order valence-electron chi connectivity index (χ4n) is 3.41. The van der Waals surface area contributed by atoms with Crippen LogP contribution < -0.4 is 9.47 Å². The van der Waals surface area contributed by atoms with E-state index in [4.69, 9.17) is 26.3 Å². The number of nitriles is 1. The third kappa shape index (κ3) is 11.5. The number of hydrogen-bond donors (Lipinski definition) is 0. The summed E-state index contributed by atoms with van der Waals surface area (Å²) in [5.74, 6) is 2.34. The number of ether oxygens (including phenoxy) is 2. The van der Waals surface area contributed by atoms with E-state index in [2.05, 4.69) is 67.0 Å². The summed E-state index contributed by atoms with van der Waals surface area (Å²) in [6.45, 7) is 13.1.